The molecule has 3 nitrogen and oxygen atoms in total. The van der Waals surface area contributed by atoms with E-state index in [4.69, 9.17) is 16.3 Å². The van der Waals surface area contributed by atoms with Gasteiger partial charge in [0.15, 0.2) is 0 Å². The summed E-state index contributed by atoms with van der Waals surface area (Å²) in [5, 5.41) is 0. The number of fused-ring (bicyclic) bond motifs is 1. The third-order valence-corrected chi connectivity index (χ3v) is 3.27. The number of aromatic nitrogens is 2. The summed E-state index contributed by atoms with van der Waals surface area (Å²) in [5.41, 5.74) is 3.01. The smallest absolute Gasteiger partial charge is 0.261 e. The molecule has 0 amide bonds. The molecule has 1 aromatic carbocycles. The summed E-state index contributed by atoms with van der Waals surface area (Å²) in [6.45, 7) is 2.20. The normalized spacial score (nSPS) is 11.7. The number of hydrogen-bond donors (Lipinski definition) is 0. The number of benzene rings is 1. The number of imidazole rings is 1. The van der Waals surface area contributed by atoms with Crippen molar-refractivity contribution in [2.75, 3.05) is 19.1 Å². The summed E-state index contributed by atoms with van der Waals surface area (Å²) >= 11 is 5.79. The minimum Gasteiger partial charge on any atom is -0.374 e. The van der Waals surface area contributed by atoms with Crippen LogP contribution < -0.4 is 0 Å². The van der Waals surface area contributed by atoms with Crippen molar-refractivity contribution in [2.24, 2.45) is 0 Å². The van der Waals surface area contributed by atoms with Gasteiger partial charge in [0.2, 0.25) is 0 Å². The molecule has 20 heavy (non-hydrogen) atoms. The molecule has 1 heterocycles. The van der Waals surface area contributed by atoms with Crippen molar-refractivity contribution in [1.82, 2.24) is 9.55 Å². The number of nitrogens with zero attached hydrogens (tertiary/aromatic N) is 2. The van der Waals surface area contributed by atoms with Crippen molar-refractivity contribution >= 4 is 22.6 Å². The van der Waals surface area contributed by atoms with Gasteiger partial charge >= 0.3 is 0 Å². The Balaban J connectivity index is 2.20. The van der Waals surface area contributed by atoms with Crippen LogP contribution in [0.3, 0.4) is 0 Å². The van der Waals surface area contributed by atoms with Gasteiger partial charge in [-0.15, -0.1) is 11.6 Å². The van der Waals surface area contributed by atoms with Crippen LogP contribution in [0.5, 0.6) is 0 Å². The fourth-order valence-corrected chi connectivity index (χ4v) is 2.36. The summed E-state index contributed by atoms with van der Waals surface area (Å²) in [7, 11) is 0. The molecule has 0 saturated carbocycles. The van der Waals surface area contributed by atoms with Crippen LogP contribution in [-0.4, -0.2) is 35.1 Å². The van der Waals surface area contributed by atoms with Gasteiger partial charge in [-0.05, 0) is 18.6 Å². The second-order valence-corrected chi connectivity index (χ2v) is 4.91. The molecule has 2 rings (SSSR count). The molecule has 0 atom stereocenters. The summed E-state index contributed by atoms with van der Waals surface area (Å²) in [6, 6.07) is 5.93. The topological polar surface area (TPSA) is 27.1 Å². The average molecular weight is 303 g/mol. The molecule has 0 unspecified atom stereocenters. The molecule has 110 valence electrons. The van der Waals surface area contributed by atoms with Crippen molar-refractivity contribution < 1.29 is 13.5 Å². The fourth-order valence-electron chi connectivity index (χ4n) is 2.19. The first-order valence-electron chi connectivity index (χ1n) is 6.50. The predicted molar refractivity (Wildman–Crippen MR) is 75.7 cm³/mol. The first kappa shape index (κ1) is 15.2. The van der Waals surface area contributed by atoms with Crippen LogP contribution in [0.25, 0.3) is 11.0 Å². The van der Waals surface area contributed by atoms with E-state index in [-0.39, 0.29) is 6.61 Å². The molecule has 0 radical (unpaired) electrons. The first-order valence-corrected chi connectivity index (χ1v) is 7.03. The Morgan fingerprint density at radius 3 is 2.90 bits per heavy atom. The SMILES string of the molecule is Cc1cccc2c1nc(CCCl)n2CCOCC(F)F. The summed E-state index contributed by atoms with van der Waals surface area (Å²) < 4.78 is 31.0. The fraction of sp³-hybridized carbons (Fsp3) is 0.500. The van der Waals surface area contributed by atoms with Crippen LogP contribution in [0.4, 0.5) is 8.78 Å². The number of ether oxygens (including phenoxy) is 1. The van der Waals surface area contributed by atoms with Gasteiger partial charge in [0.05, 0.1) is 17.6 Å². The molecule has 0 aliphatic rings. The predicted octanol–water partition coefficient (Wildman–Crippen LogP) is 3.41. The van der Waals surface area contributed by atoms with E-state index in [1.54, 1.807) is 0 Å². The van der Waals surface area contributed by atoms with Crippen LogP contribution in [0.1, 0.15) is 11.4 Å². The number of aryl methyl sites for hydroxylation is 2. The van der Waals surface area contributed by atoms with Crippen LogP contribution >= 0.6 is 11.6 Å². The van der Waals surface area contributed by atoms with E-state index in [0.717, 1.165) is 22.4 Å². The van der Waals surface area contributed by atoms with Crippen molar-refractivity contribution in [1.29, 1.82) is 0 Å². The van der Waals surface area contributed by atoms with Crippen molar-refractivity contribution in [2.45, 2.75) is 26.3 Å². The maximum absolute atomic E-state index is 12.0. The summed E-state index contributed by atoms with van der Waals surface area (Å²) in [5.74, 6) is 1.34. The second kappa shape index (κ2) is 6.99. The molecular weight excluding hydrogens is 286 g/mol. The largest absolute Gasteiger partial charge is 0.374 e. The number of rotatable bonds is 7. The molecule has 0 aliphatic carbocycles. The molecule has 0 saturated heterocycles. The van der Waals surface area contributed by atoms with E-state index in [1.165, 1.54) is 0 Å². The Bertz CT molecular complexity index is 572. The van der Waals surface area contributed by atoms with Gasteiger partial charge in [-0.2, -0.15) is 0 Å². The molecule has 0 fully saturated rings. The van der Waals surface area contributed by atoms with Crippen LogP contribution in [-0.2, 0) is 17.7 Å². The average Bonchev–Trinajstić information content (AvgIpc) is 2.75. The highest BCUT2D eigenvalue weighted by Gasteiger charge is 2.12. The molecule has 2 aromatic rings. The third-order valence-electron chi connectivity index (χ3n) is 3.08. The molecule has 0 bridgehead atoms. The lowest BCUT2D eigenvalue weighted by atomic mass is 10.2. The van der Waals surface area contributed by atoms with E-state index in [9.17, 15) is 8.78 Å². The lowest BCUT2D eigenvalue weighted by molar-refractivity contribution is 0.0148. The Morgan fingerprint density at radius 1 is 1.40 bits per heavy atom. The minimum atomic E-state index is -2.43. The third kappa shape index (κ3) is 3.46. The van der Waals surface area contributed by atoms with Crippen molar-refractivity contribution in [3.05, 3.63) is 29.6 Å². The maximum atomic E-state index is 12.0. The number of hydrogen-bond acceptors (Lipinski definition) is 2. The zero-order valence-electron chi connectivity index (χ0n) is 11.3. The molecule has 0 aliphatic heterocycles. The molecule has 6 heteroatoms. The second-order valence-electron chi connectivity index (χ2n) is 4.53. The molecule has 1 aromatic heterocycles. The summed E-state index contributed by atoms with van der Waals surface area (Å²) in [6.07, 6.45) is -1.79. The van der Waals surface area contributed by atoms with E-state index >= 15 is 0 Å². The van der Waals surface area contributed by atoms with Crippen molar-refractivity contribution in [3.63, 3.8) is 0 Å². The Labute approximate surface area is 121 Å². The standard InChI is InChI=1S/C14H17ClF2N2O/c1-10-3-2-4-11-14(10)18-13(5-6-15)19(11)7-8-20-9-12(16)17/h2-4,12H,5-9H2,1H3. The maximum Gasteiger partial charge on any atom is 0.261 e. The molecule has 0 spiro atoms. The minimum absolute atomic E-state index is 0.235. The highest BCUT2D eigenvalue weighted by molar-refractivity contribution is 6.17. The quantitative estimate of drug-likeness (QED) is 0.579. The first-order chi connectivity index (χ1) is 9.63. The van der Waals surface area contributed by atoms with Gasteiger partial charge in [-0.25, -0.2) is 13.8 Å². The van der Waals surface area contributed by atoms with Gasteiger partial charge in [-0.3, -0.25) is 0 Å². The Morgan fingerprint density at radius 2 is 2.20 bits per heavy atom. The van der Waals surface area contributed by atoms with Gasteiger partial charge in [0, 0.05) is 18.8 Å². The van der Waals surface area contributed by atoms with Gasteiger partial charge in [-0.1, -0.05) is 12.1 Å². The Hall–Kier alpha value is -1.20. The van der Waals surface area contributed by atoms with E-state index in [2.05, 4.69) is 4.98 Å². The number of alkyl halides is 3. The summed E-state index contributed by atoms with van der Waals surface area (Å²) in [4.78, 5) is 4.59. The van der Waals surface area contributed by atoms with Gasteiger partial charge < -0.3 is 9.30 Å². The highest BCUT2D eigenvalue weighted by atomic mass is 35.5. The van der Waals surface area contributed by atoms with Gasteiger partial charge in [0.25, 0.3) is 6.43 Å². The van der Waals surface area contributed by atoms with E-state index in [1.807, 2.05) is 29.7 Å². The number of halogens is 3. The van der Waals surface area contributed by atoms with Crippen LogP contribution in [0.2, 0.25) is 0 Å². The zero-order chi connectivity index (χ0) is 14.5. The van der Waals surface area contributed by atoms with E-state index in [0.29, 0.717) is 18.8 Å². The van der Waals surface area contributed by atoms with Gasteiger partial charge in [0.1, 0.15) is 12.4 Å². The zero-order valence-corrected chi connectivity index (χ0v) is 12.0. The monoisotopic (exact) mass is 302 g/mol. The van der Waals surface area contributed by atoms with Crippen molar-refractivity contribution in [3.8, 4) is 0 Å². The van der Waals surface area contributed by atoms with E-state index < -0.39 is 13.0 Å². The lowest BCUT2D eigenvalue weighted by Gasteiger charge is -2.09. The van der Waals surface area contributed by atoms with Crippen LogP contribution in [0, 0.1) is 6.92 Å². The molecule has 0 N–H and O–H groups in total. The lowest BCUT2D eigenvalue weighted by Crippen LogP contribution is -2.13. The van der Waals surface area contributed by atoms with Crippen LogP contribution in [0.15, 0.2) is 18.2 Å². The molecular formula is C14H17ClF2N2O. The highest BCUT2D eigenvalue weighted by Crippen LogP contribution is 2.20. The number of para-hydroxylation sites is 1. The Kier molecular flexibility index (Phi) is 5.31.